The summed E-state index contributed by atoms with van der Waals surface area (Å²) in [5.74, 6) is -0.0201. The van der Waals surface area contributed by atoms with Crippen LogP contribution in [0.15, 0.2) is 36.4 Å². The zero-order chi connectivity index (χ0) is 21.8. The number of benzene rings is 2. The first-order chi connectivity index (χ1) is 13.4. The molecular formula is C17H21N3O7S2. The summed E-state index contributed by atoms with van der Waals surface area (Å²) in [6.45, 7) is 0. The average molecular weight is 444 g/mol. The number of nitrogens with one attached hydrogen (secondary N) is 3. The highest BCUT2D eigenvalue weighted by Gasteiger charge is 2.15. The Morgan fingerprint density at radius 3 is 1.76 bits per heavy atom. The van der Waals surface area contributed by atoms with E-state index in [2.05, 4.69) is 14.8 Å². The van der Waals surface area contributed by atoms with Crippen LogP contribution in [-0.4, -0.2) is 49.5 Å². The molecular weight excluding hydrogens is 422 g/mol. The minimum atomic E-state index is -3.58. The van der Waals surface area contributed by atoms with Gasteiger partial charge in [-0.3, -0.25) is 14.2 Å². The monoisotopic (exact) mass is 443 g/mol. The molecule has 1 amide bonds. The summed E-state index contributed by atoms with van der Waals surface area (Å²) in [7, 11) is -4.39. The molecule has 158 valence electrons. The maximum atomic E-state index is 12.6. The van der Waals surface area contributed by atoms with E-state index in [1.807, 2.05) is 0 Å². The molecule has 2 aromatic carbocycles. The van der Waals surface area contributed by atoms with Gasteiger partial charge in [0.15, 0.2) is 0 Å². The maximum absolute atomic E-state index is 12.6. The average Bonchev–Trinajstić information content (AvgIpc) is 2.59. The first kappa shape index (κ1) is 22.3. The Morgan fingerprint density at radius 2 is 1.28 bits per heavy atom. The van der Waals surface area contributed by atoms with Gasteiger partial charge in [-0.15, -0.1) is 0 Å². The molecule has 12 heteroatoms. The second kappa shape index (κ2) is 8.57. The summed E-state index contributed by atoms with van der Waals surface area (Å²) in [6, 6.07) is 8.66. The molecule has 0 radical (unpaired) electrons. The van der Waals surface area contributed by atoms with Gasteiger partial charge in [0, 0.05) is 11.3 Å². The molecule has 2 aromatic rings. The van der Waals surface area contributed by atoms with Gasteiger partial charge in [-0.2, -0.15) is 0 Å². The Labute approximate surface area is 169 Å². The second-order valence-corrected chi connectivity index (χ2v) is 9.53. The van der Waals surface area contributed by atoms with Gasteiger partial charge in [0.05, 0.1) is 38.1 Å². The molecule has 3 N–H and O–H groups in total. The van der Waals surface area contributed by atoms with Crippen LogP contribution in [0.5, 0.6) is 11.5 Å². The molecule has 0 heterocycles. The lowest BCUT2D eigenvalue weighted by Crippen LogP contribution is -2.15. The molecule has 2 rings (SSSR count). The van der Waals surface area contributed by atoms with Crippen molar-refractivity contribution >= 4 is 43.0 Å². The van der Waals surface area contributed by atoms with Crippen LogP contribution in [0.1, 0.15) is 10.4 Å². The lowest BCUT2D eigenvalue weighted by Gasteiger charge is -2.14. The zero-order valence-electron chi connectivity index (χ0n) is 16.1. The van der Waals surface area contributed by atoms with Crippen LogP contribution in [-0.2, 0) is 20.0 Å². The minimum Gasteiger partial charge on any atom is -0.495 e. The molecule has 0 fully saturated rings. The fourth-order valence-electron chi connectivity index (χ4n) is 2.40. The van der Waals surface area contributed by atoms with Crippen molar-refractivity contribution < 1.29 is 31.1 Å². The van der Waals surface area contributed by atoms with Crippen molar-refractivity contribution in [3.63, 3.8) is 0 Å². The van der Waals surface area contributed by atoms with Crippen LogP contribution in [0.3, 0.4) is 0 Å². The number of amides is 1. The SMILES string of the molecule is COc1ccc(NC(=O)c2ccc(OC)c(NS(C)(=O)=O)c2)cc1NS(C)(=O)=O. The van der Waals surface area contributed by atoms with Gasteiger partial charge in [0.1, 0.15) is 11.5 Å². The predicted molar refractivity (Wildman–Crippen MR) is 111 cm³/mol. The van der Waals surface area contributed by atoms with Gasteiger partial charge < -0.3 is 14.8 Å². The first-order valence-electron chi connectivity index (χ1n) is 8.05. The van der Waals surface area contributed by atoms with Crippen molar-refractivity contribution in [2.24, 2.45) is 0 Å². The van der Waals surface area contributed by atoms with Crippen LogP contribution < -0.4 is 24.2 Å². The molecule has 0 atom stereocenters. The highest BCUT2D eigenvalue weighted by Crippen LogP contribution is 2.30. The lowest BCUT2D eigenvalue weighted by atomic mass is 10.1. The summed E-state index contributed by atoms with van der Waals surface area (Å²) in [5, 5.41) is 2.62. The summed E-state index contributed by atoms with van der Waals surface area (Å²) < 4.78 is 60.9. The Bertz CT molecular complexity index is 1130. The van der Waals surface area contributed by atoms with Crippen LogP contribution in [0, 0.1) is 0 Å². The quantitative estimate of drug-likeness (QED) is 0.564. The third-order valence-electron chi connectivity index (χ3n) is 3.51. The van der Waals surface area contributed by atoms with Gasteiger partial charge >= 0.3 is 0 Å². The predicted octanol–water partition coefficient (Wildman–Crippen LogP) is 1.70. The molecule has 10 nitrogen and oxygen atoms in total. The summed E-state index contributed by atoms with van der Waals surface area (Å²) >= 11 is 0. The van der Waals surface area contributed by atoms with E-state index < -0.39 is 26.0 Å². The van der Waals surface area contributed by atoms with Crippen LogP contribution >= 0.6 is 0 Å². The molecule has 0 spiro atoms. The molecule has 29 heavy (non-hydrogen) atoms. The molecule has 0 aliphatic carbocycles. The second-order valence-electron chi connectivity index (χ2n) is 6.03. The Hall–Kier alpha value is -2.99. The number of carbonyl (C=O) groups excluding carboxylic acids is 1. The largest absolute Gasteiger partial charge is 0.495 e. The van der Waals surface area contributed by atoms with Gasteiger partial charge in [0.2, 0.25) is 20.0 Å². The van der Waals surface area contributed by atoms with Crippen molar-refractivity contribution in [3.05, 3.63) is 42.0 Å². The molecule has 0 saturated heterocycles. The minimum absolute atomic E-state index is 0.108. The molecule has 0 unspecified atom stereocenters. The van der Waals surface area contributed by atoms with Gasteiger partial charge in [-0.1, -0.05) is 0 Å². The van der Waals surface area contributed by atoms with E-state index in [4.69, 9.17) is 9.47 Å². The number of carbonyl (C=O) groups is 1. The van der Waals surface area contributed by atoms with Gasteiger partial charge in [-0.05, 0) is 36.4 Å². The van der Waals surface area contributed by atoms with E-state index in [9.17, 15) is 21.6 Å². The normalized spacial score (nSPS) is 11.4. The fourth-order valence-corrected chi connectivity index (χ4v) is 3.52. The lowest BCUT2D eigenvalue weighted by molar-refractivity contribution is 0.102. The first-order valence-corrected chi connectivity index (χ1v) is 11.8. The number of methoxy groups -OCH3 is 2. The van der Waals surface area contributed by atoms with E-state index in [0.29, 0.717) is 5.69 Å². The highest BCUT2D eigenvalue weighted by atomic mass is 32.2. The third kappa shape index (κ3) is 6.54. The summed E-state index contributed by atoms with van der Waals surface area (Å²) in [5.41, 5.74) is 0.722. The van der Waals surface area contributed by atoms with Crippen LogP contribution in [0.25, 0.3) is 0 Å². The van der Waals surface area contributed by atoms with Crippen molar-refractivity contribution in [1.29, 1.82) is 0 Å². The number of hydrogen-bond acceptors (Lipinski definition) is 7. The Kier molecular flexibility index (Phi) is 6.59. The topological polar surface area (TPSA) is 140 Å². The maximum Gasteiger partial charge on any atom is 0.255 e. The van der Waals surface area contributed by atoms with E-state index in [1.54, 1.807) is 0 Å². The van der Waals surface area contributed by atoms with Crippen molar-refractivity contribution in [2.75, 3.05) is 41.5 Å². The van der Waals surface area contributed by atoms with Crippen LogP contribution in [0.2, 0.25) is 0 Å². The van der Waals surface area contributed by atoms with E-state index in [-0.39, 0.29) is 28.4 Å². The molecule has 0 aliphatic heterocycles. The van der Waals surface area contributed by atoms with Crippen LogP contribution in [0.4, 0.5) is 17.1 Å². The highest BCUT2D eigenvalue weighted by molar-refractivity contribution is 7.92. The van der Waals surface area contributed by atoms with Crippen molar-refractivity contribution in [2.45, 2.75) is 0 Å². The van der Waals surface area contributed by atoms with Gasteiger partial charge in [-0.25, -0.2) is 16.8 Å². The molecule has 0 saturated carbocycles. The molecule has 0 bridgehead atoms. The third-order valence-corrected chi connectivity index (χ3v) is 4.69. The Balaban J connectivity index is 2.32. The van der Waals surface area contributed by atoms with Crippen molar-refractivity contribution in [1.82, 2.24) is 0 Å². The molecule has 0 aromatic heterocycles. The fraction of sp³-hybridized carbons (Fsp3) is 0.235. The Morgan fingerprint density at radius 1 is 0.793 bits per heavy atom. The standard InChI is InChI=1S/C17H21N3O7S2/c1-26-15-7-5-11(9-13(15)19-28(3,22)23)17(21)18-12-6-8-16(27-2)14(10-12)20-29(4,24)25/h5-10,19-20H,1-4H3,(H,18,21). The molecule has 0 aliphatic rings. The van der Waals surface area contributed by atoms with E-state index in [1.165, 1.54) is 50.6 Å². The smallest absolute Gasteiger partial charge is 0.255 e. The summed E-state index contributed by atoms with van der Waals surface area (Å²) in [4.78, 5) is 12.6. The number of hydrogen-bond donors (Lipinski definition) is 3. The van der Waals surface area contributed by atoms with Crippen molar-refractivity contribution in [3.8, 4) is 11.5 Å². The number of ether oxygens (including phenoxy) is 2. The number of anilines is 3. The number of rotatable bonds is 8. The van der Waals surface area contributed by atoms with Gasteiger partial charge in [0.25, 0.3) is 5.91 Å². The van der Waals surface area contributed by atoms with E-state index >= 15 is 0 Å². The van der Waals surface area contributed by atoms with E-state index in [0.717, 1.165) is 12.5 Å². The number of sulfonamides is 2. The summed E-state index contributed by atoms with van der Waals surface area (Å²) in [6.07, 6.45) is 1.97. The zero-order valence-corrected chi connectivity index (χ0v) is 17.8.